The molecule has 2 saturated heterocycles. The number of halogens is 4. The number of hydrogen-bond donors (Lipinski definition) is 1. The highest BCUT2D eigenvalue weighted by molar-refractivity contribution is 7.89. The molecule has 2 aromatic carbocycles. The van der Waals surface area contributed by atoms with Gasteiger partial charge in [0.05, 0.1) is 10.9 Å². The lowest BCUT2D eigenvalue weighted by atomic mass is 10.00. The lowest BCUT2D eigenvalue weighted by Crippen LogP contribution is -2.63. The molecular weight excluding hydrogens is 450 g/mol. The molecule has 0 amide bonds. The third-order valence-electron chi connectivity index (χ3n) is 5.72. The van der Waals surface area contributed by atoms with Crippen LogP contribution in [0.2, 0.25) is 0 Å². The van der Waals surface area contributed by atoms with E-state index in [0.717, 1.165) is 50.4 Å². The van der Waals surface area contributed by atoms with E-state index in [0.29, 0.717) is 18.2 Å². The fourth-order valence-corrected chi connectivity index (χ4v) is 5.08. The Hall–Kier alpha value is -2.21. The van der Waals surface area contributed by atoms with Crippen molar-refractivity contribution in [2.24, 2.45) is 0 Å². The summed E-state index contributed by atoms with van der Waals surface area (Å²) in [6.45, 7) is 4.21. The number of nitrogens with zero attached hydrogens (tertiary/aromatic N) is 2. The number of benzene rings is 2. The van der Waals surface area contributed by atoms with Crippen molar-refractivity contribution in [3.05, 3.63) is 59.9 Å². The number of nitrogens with one attached hydrogen (secondary N) is 1. The van der Waals surface area contributed by atoms with Gasteiger partial charge in [0.1, 0.15) is 11.6 Å². The van der Waals surface area contributed by atoms with Crippen molar-refractivity contribution in [3.63, 3.8) is 0 Å². The summed E-state index contributed by atoms with van der Waals surface area (Å²) in [6.07, 6.45) is -3.67. The number of alkyl halides is 3. The van der Waals surface area contributed by atoms with Crippen LogP contribution in [0, 0.1) is 5.82 Å². The molecule has 2 heterocycles. The second-order valence-electron chi connectivity index (χ2n) is 8.01. The molecular formula is C21H23F4N3O3S. The summed E-state index contributed by atoms with van der Waals surface area (Å²) in [7, 11) is -4.05. The Bertz CT molecular complexity index is 1020. The first-order valence-electron chi connectivity index (χ1n) is 10.2. The van der Waals surface area contributed by atoms with Gasteiger partial charge in [0, 0.05) is 25.7 Å². The molecule has 6 nitrogen and oxygen atoms in total. The van der Waals surface area contributed by atoms with Gasteiger partial charge in [-0.1, -0.05) is 12.1 Å². The number of ether oxygens (including phenoxy) is 1. The van der Waals surface area contributed by atoms with Crippen LogP contribution in [0.3, 0.4) is 0 Å². The summed E-state index contributed by atoms with van der Waals surface area (Å²) in [4.78, 5) is 4.32. The molecule has 0 bridgehead atoms. The highest BCUT2D eigenvalue weighted by Crippen LogP contribution is 2.27. The lowest BCUT2D eigenvalue weighted by molar-refractivity contribution is -0.274. The van der Waals surface area contributed by atoms with E-state index in [1.807, 2.05) is 0 Å². The third-order valence-corrected chi connectivity index (χ3v) is 7.21. The average molecular weight is 473 g/mol. The zero-order valence-electron chi connectivity index (χ0n) is 17.1. The minimum atomic E-state index is -4.86. The number of rotatable bonds is 8. The Kier molecular flexibility index (Phi) is 6.44. The van der Waals surface area contributed by atoms with E-state index in [1.165, 1.54) is 30.7 Å². The molecule has 2 aromatic rings. The minimum Gasteiger partial charge on any atom is -0.406 e. The molecule has 0 saturated carbocycles. The van der Waals surface area contributed by atoms with Crippen LogP contribution < -0.4 is 9.46 Å². The normalized spacial score (nSPS) is 19.2. The fourth-order valence-electron chi connectivity index (χ4n) is 3.87. The lowest BCUT2D eigenvalue weighted by Gasteiger charge is -2.49. The van der Waals surface area contributed by atoms with E-state index in [-0.39, 0.29) is 4.90 Å². The molecule has 1 unspecified atom stereocenters. The average Bonchev–Trinajstić information content (AvgIpc) is 2.63. The smallest absolute Gasteiger partial charge is 0.406 e. The van der Waals surface area contributed by atoms with Crippen molar-refractivity contribution < 1.29 is 30.7 Å². The Morgan fingerprint density at radius 3 is 2.19 bits per heavy atom. The van der Waals surface area contributed by atoms with E-state index in [9.17, 15) is 26.0 Å². The SMILES string of the molecule is O=S(=O)(NC(CN1CC(N2CCC2)C1)c1ccc(F)cc1)c1ccc(OC(F)(F)F)cc1. The van der Waals surface area contributed by atoms with Gasteiger partial charge in [0.25, 0.3) is 0 Å². The van der Waals surface area contributed by atoms with Crippen molar-refractivity contribution >= 4 is 10.0 Å². The molecule has 2 fully saturated rings. The summed E-state index contributed by atoms with van der Waals surface area (Å²) >= 11 is 0. The number of likely N-dealkylation sites (tertiary alicyclic amines) is 2. The van der Waals surface area contributed by atoms with Gasteiger partial charge in [-0.15, -0.1) is 13.2 Å². The summed E-state index contributed by atoms with van der Waals surface area (Å²) in [5, 5.41) is 0. The van der Waals surface area contributed by atoms with Crippen LogP contribution in [0.15, 0.2) is 53.4 Å². The van der Waals surface area contributed by atoms with Crippen LogP contribution in [-0.4, -0.2) is 63.3 Å². The monoisotopic (exact) mass is 473 g/mol. The van der Waals surface area contributed by atoms with Gasteiger partial charge in [0.15, 0.2) is 0 Å². The quantitative estimate of drug-likeness (QED) is 0.597. The predicted molar refractivity (Wildman–Crippen MR) is 109 cm³/mol. The topological polar surface area (TPSA) is 61.9 Å². The van der Waals surface area contributed by atoms with Gasteiger partial charge in [0.2, 0.25) is 10.0 Å². The van der Waals surface area contributed by atoms with Gasteiger partial charge in [-0.25, -0.2) is 17.5 Å². The first-order chi connectivity index (χ1) is 15.1. The first-order valence-corrected chi connectivity index (χ1v) is 11.7. The number of hydrogen-bond acceptors (Lipinski definition) is 5. The van der Waals surface area contributed by atoms with Gasteiger partial charge < -0.3 is 4.74 Å². The Morgan fingerprint density at radius 1 is 1.03 bits per heavy atom. The second-order valence-corrected chi connectivity index (χ2v) is 9.72. The zero-order chi connectivity index (χ0) is 22.9. The molecule has 2 aliphatic heterocycles. The largest absolute Gasteiger partial charge is 0.573 e. The third kappa shape index (κ3) is 5.58. The molecule has 0 aromatic heterocycles. The van der Waals surface area contributed by atoms with Crippen molar-refractivity contribution in [2.75, 3.05) is 32.7 Å². The summed E-state index contributed by atoms with van der Waals surface area (Å²) in [5.41, 5.74) is 0.597. The summed E-state index contributed by atoms with van der Waals surface area (Å²) in [5.74, 6) is -0.943. The maximum atomic E-state index is 13.4. The second kappa shape index (κ2) is 8.97. The van der Waals surface area contributed by atoms with Crippen LogP contribution in [0.5, 0.6) is 5.75 Å². The van der Waals surface area contributed by atoms with Gasteiger partial charge in [-0.2, -0.15) is 0 Å². The Balaban J connectivity index is 1.47. The van der Waals surface area contributed by atoms with E-state index < -0.39 is 34.0 Å². The van der Waals surface area contributed by atoms with E-state index in [2.05, 4.69) is 19.3 Å². The van der Waals surface area contributed by atoms with Crippen molar-refractivity contribution in [1.29, 1.82) is 0 Å². The summed E-state index contributed by atoms with van der Waals surface area (Å²) in [6, 6.07) is 9.38. The van der Waals surface area contributed by atoms with Gasteiger partial charge >= 0.3 is 6.36 Å². The Labute approximate surface area is 183 Å². The number of sulfonamides is 1. The predicted octanol–water partition coefficient (Wildman–Crippen LogP) is 3.13. The molecule has 1 N–H and O–H groups in total. The minimum absolute atomic E-state index is 0.193. The Morgan fingerprint density at radius 2 is 1.66 bits per heavy atom. The molecule has 11 heteroatoms. The van der Waals surface area contributed by atoms with Crippen LogP contribution in [0.4, 0.5) is 17.6 Å². The van der Waals surface area contributed by atoms with E-state index in [1.54, 1.807) is 0 Å². The van der Waals surface area contributed by atoms with Crippen molar-refractivity contribution in [1.82, 2.24) is 14.5 Å². The molecule has 174 valence electrons. The highest BCUT2D eigenvalue weighted by Gasteiger charge is 2.36. The molecule has 0 spiro atoms. The summed E-state index contributed by atoms with van der Waals surface area (Å²) < 4.78 is 82.7. The fraction of sp³-hybridized carbons (Fsp3) is 0.429. The van der Waals surface area contributed by atoms with E-state index >= 15 is 0 Å². The molecule has 0 radical (unpaired) electrons. The van der Waals surface area contributed by atoms with Crippen LogP contribution >= 0.6 is 0 Å². The molecule has 1 atom stereocenters. The highest BCUT2D eigenvalue weighted by atomic mass is 32.2. The maximum absolute atomic E-state index is 13.4. The van der Waals surface area contributed by atoms with Crippen LogP contribution in [-0.2, 0) is 10.0 Å². The standard InChI is InChI=1S/C21H23F4N3O3S/c22-16-4-2-15(3-5-16)20(14-27-12-17(13-27)28-10-1-11-28)26-32(29,30)19-8-6-18(7-9-19)31-21(23,24)25/h2-9,17,20,26H,1,10-14H2. The van der Waals surface area contributed by atoms with Crippen LogP contribution in [0.25, 0.3) is 0 Å². The molecule has 32 heavy (non-hydrogen) atoms. The first kappa shape index (κ1) is 23.0. The maximum Gasteiger partial charge on any atom is 0.573 e. The van der Waals surface area contributed by atoms with Crippen molar-refractivity contribution in [3.8, 4) is 5.75 Å². The van der Waals surface area contributed by atoms with Gasteiger partial charge in [-0.05, 0) is 61.5 Å². The van der Waals surface area contributed by atoms with E-state index in [4.69, 9.17) is 0 Å². The van der Waals surface area contributed by atoms with Crippen LogP contribution in [0.1, 0.15) is 18.0 Å². The zero-order valence-corrected chi connectivity index (χ0v) is 17.9. The van der Waals surface area contributed by atoms with Crippen molar-refractivity contribution in [2.45, 2.75) is 29.8 Å². The molecule has 4 rings (SSSR count). The molecule has 2 aliphatic rings. The molecule has 0 aliphatic carbocycles. The van der Waals surface area contributed by atoms with Gasteiger partial charge in [-0.3, -0.25) is 9.80 Å².